The van der Waals surface area contributed by atoms with Crippen molar-refractivity contribution in [3.05, 3.63) is 167 Å². The van der Waals surface area contributed by atoms with E-state index in [2.05, 4.69) is 0 Å². The van der Waals surface area contributed by atoms with E-state index in [4.69, 9.17) is 18.9 Å². The summed E-state index contributed by atoms with van der Waals surface area (Å²) in [6, 6.07) is 36.2. The maximum atomic E-state index is 14.3. The fraction of sp³-hybridized carbons (Fsp3) is 0.200. The molecule has 0 saturated heterocycles. The maximum absolute atomic E-state index is 14.3. The molecule has 0 aliphatic carbocycles. The van der Waals surface area contributed by atoms with Gasteiger partial charge < -0.3 is 28.7 Å². The molecule has 6 aromatic rings. The van der Waals surface area contributed by atoms with E-state index in [1.165, 1.54) is 12.1 Å². The molecule has 2 aliphatic rings. The molecule has 292 valence electrons. The molecule has 57 heavy (non-hydrogen) atoms. The van der Waals surface area contributed by atoms with Crippen LogP contribution in [0.4, 0.5) is 37.7 Å². The van der Waals surface area contributed by atoms with E-state index in [0.29, 0.717) is 36.0 Å². The van der Waals surface area contributed by atoms with Crippen LogP contribution in [-0.4, -0.2) is 13.5 Å². The van der Waals surface area contributed by atoms with Crippen LogP contribution in [0, 0.1) is 0 Å². The van der Waals surface area contributed by atoms with Crippen LogP contribution in [0.25, 0.3) is 0 Å². The summed E-state index contributed by atoms with van der Waals surface area (Å²) >= 11 is 0. The summed E-state index contributed by atoms with van der Waals surface area (Å²) in [7, 11) is 0. The summed E-state index contributed by atoms with van der Waals surface area (Å²) in [4.78, 5) is 3.44. The van der Waals surface area contributed by atoms with E-state index < -0.39 is 28.9 Å². The molecule has 0 spiro atoms. The van der Waals surface area contributed by atoms with Crippen LogP contribution in [0.15, 0.2) is 133 Å². The molecule has 8 rings (SSSR count). The Kier molecular flexibility index (Phi) is 9.67. The summed E-state index contributed by atoms with van der Waals surface area (Å²) in [5.41, 5.74) is 1.71. The van der Waals surface area contributed by atoms with Crippen molar-refractivity contribution in [2.24, 2.45) is 0 Å². The number of anilines is 2. The Morgan fingerprint density at radius 3 is 1.26 bits per heavy atom. The van der Waals surface area contributed by atoms with E-state index in [1.807, 2.05) is 62.4 Å². The first-order valence-corrected chi connectivity index (χ1v) is 18.1. The minimum absolute atomic E-state index is 0.111. The minimum atomic E-state index is -4.68. The Labute approximate surface area is 325 Å². The van der Waals surface area contributed by atoms with Crippen molar-refractivity contribution in [2.45, 2.75) is 44.7 Å². The lowest BCUT2D eigenvalue weighted by molar-refractivity contribution is -0.139. The van der Waals surface area contributed by atoms with Gasteiger partial charge in [0.05, 0.1) is 0 Å². The van der Waals surface area contributed by atoms with E-state index in [9.17, 15) is 26.3 Å². The monoisotopic (exact) mass is 782 g/mol. The van der Waals surface area contributed by atoms with Gasteiger partial charge >= 0.3 is 12.4 Å². The number of benzene rings is 6. The van der Waals surface area contributed by atoms with Gasteiger partial charge in [0, 0.05) is 41.0 Å². The summed E-state index contributed by atoms with van der Waals surface area (Å²) in [5, 5.41) is 0. The summed E-state index contributed by atoms with van der Waals surface area (Å²) in [6.45, 7) is 4.95. The molecular formula is C45H36F6N2O4. The fourth-order valence-corrected chi connectivity index (χ4v) is 7.03. The molecule has 0 fully saturated rings. The lowest BCUT2D eigenvalue weighted by Crippen LogP contribution is -2.32. The number of alkyl halides is 6. The molecule has 2 heterocycles. The molecule has 12 heteroatoms. The van der Waals surface area contributed by atoms with Crippen molar-refractivity contribution in [2.75, 3.05) is 23.3 Å². The first-order valence-electron chi connectivity index (χ1n) is 18.1. The van der Waals surface area contributed by atoms with E-state index in [-0.39, 0.29) is 36.5 Å². The second-order valence-corrected chi connectivity index (χ2v) is 14.4. The summed E-state index contributed by atoms with van der Waals surface area (Å²) in [5.74, 6) is 1.19. The molecule has 0 saturated carbocycles. The Morgan fingerprint density at radius 1 is 0.491 bits per heavy atom. The number of rotatable bonds is 8. The third kappa shape index (κ3) is 7.89. The van der Waals surface area contributed by atoms with Gasteiger partial charge in [-0.05, 0) is 83.9 Å². The van der Waals surface area contributed by atoms with Gasteiger partial charge in [0.2, 0.25) is 0 Å². The molecule has 0 unspecified atom stereocenters. The quantitative estimate of drug-likeness (QED) is 0.143. The number of halogens is 6. The highest BCUT2D eigenvalue weighted by molar-refractivity contribution is 5.58. The predicted octanol–water partition coefficient (Wildman–Crippen LogP) is 12.3. The van der Waals surface area contributed by atoms with Crippen molar-refractivity contribution in [3.63, 3.8) is 0 Å². The lowest BCUT2D eigenvalue weighted by Gasteiger charge is -2.31. The molecule has 0 radical (unpaired) electrons. The molecule has 6 nitrogen and oxygen atoms in total. The van der Waals surface area contributed by atoms with Crippen LogP contribution in [0.3, 0.4) is 0 Å². The van der Waals surface area contributed by atoms with Crippen LogP contribution in [0.1, 0.15) is 47.2 Å². The van der Waals surface area contributed by atoms with Gasteiger partial charge in [-0.3, -0.25) is 0 Å². The molecule has 6 aromatic carbocycles. The third-order valence-electron chi connectivity index (χ3n) is 10.3. The second-order valence-electron chi connectivity index (χ2n) is 14.4. The largest absolute Gasteiger partial charge is 0.473 e. The molecule has 2 aliphatic heterocycles. The molecule has 0 bridgehead atoms. The second kappa shape index (κ2) is 14.6. The Balaban J connectivity index is 0.956. The number of nitrogens with zero attached hydrogens (tertiary/aromatic N) is 2. The molecular weight excluding hydrogens is 746 g/mol. The zero-order chi connectivity index (χ0) is 40.0. The Hall–Kier alpha value is -6.30. The molecule has 0 atom stereocenters. The first-order chi connectivity index (χ1) is 27.2. The van der Waals surface area contributed by atoms with Crippen LogP contribution in [0.5, 0.6) is 34.5 Å². The zero-order valence-corrected chi connectivity index (χ0v) is 30.8. The maximum Gasteiger partial charge on any atom is 0.420 e. The highest BCUT2D eigenvalue weighted by Gasteiger charge is 2.37. The van der Waals surface area contributed by atoms with Crippen LogP contribution < -0.4 is 28.7 Å². The molecule has 0 amide bonds. The van der Waals surface area contributed by atoms with Crippen LogP contribution in [0.2, 0.25) is 0 Å². The van der Waals surface area contributed by atoms with Crippen molar-refractivity contribution in [1.82, 2.24) is 0 Å². The van der Waals surface area contributed by atoms with Gasteiger partial charge in [0.25, 0.3) is 0 Å². The van der Waals surface area contributed by atoms with Crippen LogP contribution >= 0.6 is 0 Å². The van der Waals surface area contributed by atoms with Gasteiger partial charge in [-0.2, -0.15) is 26.3 Å². The minimum Gasteiger partial charge on any atom is -0.473 e. The van der Waals surface area contributed by atoms with Gasteiger partial charge in [0.15, 0.2) is 13.5 Å². The van der Waals surface area contributed by atoms with E-state index in [0.717, 1.165) is 34.4 Å². The normalized spacial score (nSPS) is 14.2. The highest BCUT2D eigenvalue weighted by Crippen LogP contribution is 2.44. The number of para-hydroxylation sites is 2. The Bertz CT molecular complexity index is 2230. The first kappa shape index (κ1) is 37.6. The highest BCUT2D eigenvalue weighted by atomic mass is 19.4. The summed E-state index contributed by atoms with van der Waals surface area (Å²) in [6.07, 6.45) is -9.35. The third-order valence-corrected chi connectivity index (χ3v) is 10.3. The van der Waals surface area contributed by atoms with Crippen molar-refractivity contribution in [1.29, 1.82) is 0 Å². The topological polar surface area (TPSA) is 43.4 Å². The number of fused-ring (bicyclic) bond motifs is 2. The van der Waals surface area contributed by atoms with E-state index >= 15 is 0 Å². The Morgan fingerprint density at radius 2 is 0.877 bits per heavy atom. The smallest absolute Gasteiger partial charge is 0.420 e. The molecule has 0 aromatic heterocycles. The standard InChI is InChI=1S/C45H36F6N2O4/c1-43(2,31-11-17-35(18-12-31)56-41-21-15-33(23-37(41)44(46,47)48)52-25-29-7-3-5-9-39(29)54-27-52)32-13-19-36(20-14-32)57-42-22-16-34(24-38(42)45(49,50)51)53-26-30-8-4-6-10-40(30)55-28-53/h3-24H,25-28H2,1-2H3. The fourth-order valence-electron chi connectivity index (χ4n) is 7.03. The lowest BCUT2D eigenvalue weighted by atomic mass is 9.78. The zero-order valence-electron chi connectivity index (χ0n) is 30.8. The number of hydrogen-bond acceptors (Lipinski definition) is 6. The van der Waals surface area contributed by atoms with Gasteiger partial charge in [-0.1, -0.05) is 74.5 Å². The van der Waals surface area contributed by atoms with Crippen LogP contribution in [-0.2, 0) is 30.9 Å². The molecule has 0 N–H and O–H groups in total. The van der Waals surface area contributed by atoms with Crippen molar-refractivity contribution < 1.29 is 45.3 Å². The summed E-state index contributed by atoms with van der Waals surface area (Å²) < 4.78 is 109. The van der Waals surface area contributed by atoms with Crippen molar-refractivity contribution in [3.8, 4) is 34.5 Å². The van der Waals surface area contributed by atoms with Gasteiger partial charge in [-0.25, -0.2) is 0 Å². The average molecular weight is 783 g/mol. The number of ether oxygens (including phenoxy) is 4. The number of hydrogen-bond donors (Lipinski definition) is 0. The average Bonchev–Trinajstić information content (AvgIpc) is 3.20. The van der Waals surface area contributed by atoms with Gasteiger partial charge in [-0.15, -0.1) is 0 Å². The predicted molar refractivity (Wildman–Crippen MR) is 204 cm³/mol. The van der Waals surface area contributed by atoms with Crippen molar-refractivity contribution >= 4 is 11.4 Å². The SMILES string of the molecule is CC(C)(c1ccc(Oc2ccc(N3COc4ccccc4C3)cc2C(F)(F)F)cc1)c1ccc(Oc2ccc(N3COc4ccccc4C3)cc2C(F)(F)F)cc1. The van der Waals surface area contributed by atoms with Gasteiger partial charge in [0.1, 0.15) is 45.6 Å². The van der Waals surface area contributed by atoms with E-state index in [1.54, 1.807) is 70.5 Å².